The Morgan fingerprint density at radius 3 is 2.70 bits per heavy atom. The number of aromatic nitrogens is 1. The third-order valence-corrected chi connectivity index (χ3v) is 1.67. The molecule has 0 fully saturated rings. The molecule has 0 saturated heterocycles. The molecule has 1 aromatic rings. The van der Waals surface area contributed by atoms with Crippen LogP contribution in [0.15, 0.2) is 12.1 Å². The lowest BCUT2D eigenvalue weighted by Gasteiger charge is -2.00. The summed E-state index contributed by atoms with van der Waals surface area (Å²) in [5, 5.41) is 3.46. The molecule has 0 amide bonds. The van der Waals surface area contributed by atoms with Crippen molar-refractivity contribution in [3.8, 4) is 0 Å². The number of halogens is 1. The highest BCUT2D eigenvalue weighted by atomic mass is 35.5. The van der Waals surface area contributed by atoms with E-state index in [9.17, 15) is 0 Å². The zero-order valence-electron chi connectivity index (χ0n) is 5.98. The zero-order valence-corrected chi connectivity index (χ0v) is 6.74. The minimum absolute atomic E-state index is 0.562. The van der Waals surface area contributed by atoms with Gasteiger partial charge in [-0.3, -0.25) is 0 Å². The highest BCUT2D eigenvalue weighted by Crippen LogP contribution is 2.13. The van der Waals surface area contributed by atoms with E-state index in [-0.39, 0.29) is 0 Å². The minimum atomic E-state index is 0.562. The van der Waals surface area contributed by atoms with Crippen LogP contribution in [-0.4, -0.2) is 12.0 Å². The average Bonchev–Trinajstić information content (AvgIpc) is 1.95. The van der Waals surface area contributed by atoms with E-state index in [1.165, 1.54) is 0 Å². The topological polar surface area (TPSA) is 24.9 Å². The van der Waals surface area contributed by atoms with Crippen molar-refractivity contribution < 1.29 is 0 Å². The normalized spacial score (nSPS) is 9.50. The molecular weight excluding hydrogens is 148 g/mol. The van der Waals surface area contributed by atoms with Crippen molar-refractivity contribution in [2.45, 2.75) is 6.92 Å². The lowest BCUT2D eigenvalue weighted by atomic mass is 10.3. The summed E-state index contributed by atoms with van der Waals surface area (Å²) in [5.74, 6) is 0.801. The molecule has 0 spiro atoms. The van der Waals surface area contributed by atoms with Gasteiger partial charge in [0.1, 0.15) is 11.0 Å². The highest BCUT2D eigenvalue weighted by molar-refractivity contribution is 6.30. The van der Waals surface area contributed by atoms with Crippen molar-refractivity contribution in [2.75, 3.05) is 12.4 Å². The van der Waals surface area contributed by atoms with E-state index in [1.807, 2.05) is 26.1 Å². The second-order valence-electron chi connectivity index (χ2n) is 2.05. The summed E-state index contributed by atoms with van der Waals surface area (Å²) in [6, 6.07) is 3.82. The van der Waals surface area contributed by atoms with Crippen molar-refractivity contribution >= 4 is 17.4 Å². The number of nitrogens with zero attached hydrogens (tertiary/aromatic N) is 1. The van der Waals surface area contributed by atoms with Crippen LogP contribution < -0.4 is 5.32 Å². The number of aryl methyl sites for hydroxylation is 1. The summed E-state index contributed by atoms with van der Waals surface area (Å²) < 4.78 is 0. The van der Waals surface area contributed by atoms with Crippen LogP contribution in [0.1, 0.15) is 5.56 Å². The molecule has 1 aromatic heterocycles. The van der Waals surface area contributed by atoms with Gasteiger partial charge < -0.3 is 5.32 Å². The molecule has 0 unspecified atom stereocenters. The maximum Gasteiger partial charge on any atom is 0.134 e. The Kier molecular flexibility index (Phi) is 2.12. The highest BCUT2D eigenvalue weighted by Gasteiger charge is 1.95. The smallest absolute Gasteiger partial charge is 0.134 e. The average molecular weight is 157 g/mol. The van der Waals surface area contributed by atoms with E-state index in [0.717, 1.165) is 11.4 Å². The minimum Gasteiger partial charge on any atom is -0.373 e. The van der Waals surface area contributed by atoms with Crippen LogP contribution in [0, 0.1) is 6.92 Å². The molecule has 0 aliphatic carbocycles. The molecular formula is C7H9ClN2. The predicted octanol–water partition coefficient (Wildman–Crippen LogP) is 2.09. The first-order valence-corrected chi connectivity index (χ1v) is 3.42. The van der Waals surface area contributed by atoms with Gasteiger partial charge in [-0.25, -0.2) is 4.98 Å². The second-order valence-corrected chi connectivity index (χ2v) is 2.41. The maximum absolute atomic E-state index is 5.74. The summed E-state index contributed by atoms with van der Waals surface area (Å²) in [6.07, 6.45) is 0. The zero-order chi connectivity index (χ0) is 7.56. The van der Waals surface area contributed by atoms with Crippen molar-refractivity contribution in [1.29, 1.82) is 0 Å². The number of nitrogens with one attached hydrogen (secondary N) is 1. The Hall–Kier alpha value is -0.760. The van der Waals surface area contributed by atoms with Crippen LogP contribution in [0.2, 0.25) is 5.15 Å². The van der Waals surface area contributed by atoms with Crippen LogP contribution >= 0.6 is 11.6 Å². The predicted molar refractivity (Wildman–Crippen MR) is 43.5 cm³/mol. The Bertz CT molecular complexity index is 235. The van der Waals surface area contributed by atoms with Gasteiger partial charge in [-0.05, 0) is 18.6 Å². The summed E-state index contributed by atoms with van der Waals surface area (Å²) in [6.45, 7) is 1.93. The van der Waals surface area contributed by atoms with E-state index in [1.54, 1.807) is 0 Å². The van der Waals surface area contributed by atoms with E-state index in [0.29, 0.717) is 5.15 Å². The van der Waals surface area contributed by atoms with E-state index >= 15 is 0 Å². The van der Waals surface area contributed by atoms with Gasteiger partial charge in [0, 0.05) is 7.05 Å². The molecule has 2 nitrogen and oxygen atoms in total. The summed E-state index contributed by atoms with van der Waals surface area (Å²) in [4.78, 5) is 4.05. The number of hydrogen-bond donors (Lipinski definition) is 1. The van der Waals surface area contributed by atoms with Crippen molar-refractivity contribution in [1.82, 2.24) is 4.98 Å². The molecule has 0 aliphatic heterocycles. The first kappa shape index (κ1) is 7.35. The largest absolute Gasteiger partial charge is 0.373 e. The van der Waals surface area contributed by atoms with E-state index in [4.69, 9.17) is 11.6 Å². The molecule has 1 rings (SSSR count). The quantitative estimate of drug-likeness (QED) is 0.630. The van der Waals surface area contributed by atoms with Gasteiger partial charge in [-0.1, -0.05) is 17.7 Å². The first-order chi connectivity index (χ1) is 4.74. The second kappa shape index (κ2) is 2.88. The molecule has 0 bridgehead atoms. The lowest BCUT2D eigenvalue weighted by molar-refractivity contribution is 1.24. The molecule has 54 valence electrons. The van der Waals surface area contributed by atoms with Gasteiger partial charge in [-0.2, -0.15) is 0 Å². The number of hydrogen-bond acceptors (Lipinski definition) is 2. The Balaban J connectivity index is 3.04. The standard InChI is InChI=1S/C7H9ClN2/c1-5-3-4-6(9-2)10-7(5)8/h3-4H,1-2H3,(H,9,10). The number of anilines is 1. The van der Waals surface area contributed by atoms with Gasteiger partial charge in [0.15, 0.2) is 0 Å². The van der Waals surface area contributed by atoms with Crippen LogP contribution in [0.3, 0.4) is 0 Å². The molecule has 0 radical (unpaired) electrons. The van der Waals surface area contributed by atoms with Gasteiger partial charge in [0.25, 0.3) is 0 Å². The third-order valence-electron chi connectivity index (χ3n) is 1.29. The van der Waals surface area contributed by atoms with E-state index < -0.39 is 0 Å². The number of rotatable bonds is 1. The molecule has 1 heterocycles. The van der Waals surface area contributed by atoms with Crippen molar-refractivity contribution in [3.05, 3.63) is 22.8 Å². The maximum atomic E-state index is 5.74. The Morgan fingerprint density at radius 1 is 1.50 bits per heavy atom. The molecule has 0 aromatic carbocycles. The van der Waals surface area contributed by atoms with Gasteiger partial charge >= 0.3 is 0 Å². The molecule has 1 N–H and O–H groups in total. The van der Waals surface area contributed by atoms with Gasteiger partial charge in [-0.15, -0.1) is 0 Å². The Morgan fingerprint density at radius 2 is 2.20 bits per heavy atom. The van der Waals surface area contributed by atoms with Crippen LogP contribution in [0.5, 0.6) is 0 Å². The molecule has 0 atom stereocenters. The summed E-state index contributed by atoms with van der Waals surface area (Å²) in [5.41, 5.74) is 1.00. The molecule has 3 heteroatoms. The third kappa shape index (κ3) is 1.39. The van der Waals surface area contributed by atoms with Crippen molar-refractivity contribution in [3.63, 3.8) is 0 Å². The Labute approximate surface area is 65.2 Å². The fourth-order valence-electron chi connectivity index (χ4n) is 0.643. The fraction of sp³-hybridized carbons (Fsp3) is 0.286. The van der Waals surface area contributed by atoms with E-state index in [2.05, 4.69) is 10.3 Å². The van der Waals surface area contributed by atoms with Crippen LogP contribution in [-0.2, 0) is 0 Å². The molecule has 0 saturated carbocycles. The van der Waals surface area contributed by atoms with Gasteiger partial charge in [0.05, 0.1) is 0 Å². The molecule has 0 aliphatic rings. The fourth-order valence-corrected chi connectivity index (χ4v) is 0.797. The van der Waals surface area contributed by atoms with Crippen LogP contribution in [0.4, 0.5) is 5.82 Å². The number of pyridine rings is 1. The summed E-state index contributed by atoms with van der Waals surface area (Å²) >= 11 is 5.74. The van der Waals surface area contributed by atoms with Crippen molar-refractivity contribution in [2.24, 2.45) is 0 Å². The first-order valence-electron chi connectivity index (χ1n) is 3.05. The lowest BCUT2D eigenvalue weighted by Crippen LogP contribution is -1.92. The summed E-state index contributed by atoms with van der Waals surface area (Å²) in [7, 11) is 1.81. The monoisotopic (exact) mass is 156 g/mol. The SMILES string of the molecule is CNc1ccc(C)c(Cl)n1. The van der Waals surface area contributed by atoms with Gasteiger partial charge in [0.2, 0.25) is 0 Å². The van der Waals surface area contributed by atoms with Crippen LogP contribution in [0.25, 0.3) is 0 Å². The molecule has 10 heavy (non-hydrogen) atoms.